The highest BCUT2D eigenvalue weighted by Gasteiger charge is 2.14. The van der Waals surface area contributed by atoms with Gasteiger partial charge in [0, 0.05) is 12.6 Å². The van der Waals surface area contributed by atoms with Gasteiger partial charge in [-0.25, -0.2) is 0 Å². The van der Waals surface area contributed by atoms with E-state index in [0.29, 0.717) is 19.3 Å². The molecule has 1 aliphatic carbocycles. The van der Waals surface area contributed by atoms with Crippen LogP contribution in [0.3, 0.4) is 0 Å². The van der Waals surface area contributed by atoms with E-state index in [4.69, 9.17) is 9.47 Å². The second-order valence-corrected chi connectivity index (χ2v) is 6.25. The molecule has 1 N–H and O–H groups in total. The Morgan fingerprint density at radius 2 is 1.82 bits per heavy atom. The van der Waals surface area contributed by atoms with Gasteiger partial charge in [-0.1, -0.05) is 31.4 Å². The Labute approximate surface area is 135 Å². The summed E-state index contributed by atoms with van der Waals surface area (Å²) in [5, 5.41) is 3.69. The highest BCUT2D eigenvalue weighted by atomic mass is 16.5. The molecule has 1 aromatic rings. The maximum atomic E-state index is 5.65. The van der Waals surface area contributed by atoms with Crippen LogP contribution in [0.4, 0.5) is 0 Å². The monoisotopic (exact) mass is 305 g/mol. The standard InChI is InChI=1S/C19H31NO2/c1-3-21-13-14-22-19-11-9-18(10-12-19)16(2)20-15-17-7-5-4-6-8-17/h9-12,16-17,20H,3-8,13-15H2,1-2H3. The first-order chi connectivity index (χ1) is 10.8. The Bertz CT molecular complexity index is 398. The number of rotatable bonds is 9. The van der Waals surface area contributed by atoms with Gasteiger partial charge in [0.2, 0.25) is 0 Å². The maximum absolute atomic E-state index is 5.65. The smallest absolute Gasteiger partial charge is 0.119 e. The van der Waals surface area contributed by atoms with E-state index in [1.807, 2.05) is 6.92 Å². The average molecular weight is 305 g/mol. The fourth-order valence-electron chi connectivity index (χ4n) is 3.07. The van der Waals surface area contributed by atoms with Crippen molar-refractivity contribution in [2.45, 2.75) is 52.0 Å². The topological polar surface area (TPSA) is 30.5 Å². The summed E-state index contributed by atoms with van der Waals surface area (Å²) in [5.41, 5.74) is 1.33. The minimum Gasteiger partial charge on any atom is -0.491 e. The van der Waals surface area contributed by atoms with Gasteiger partial charge in [0.1, 0.15) is 12.4 Å². The molecule has 0 spiro atoms. The molecule has 0 saturated heterocycles. The lowest BCUT2D eigenvalue weighted by Crippen LogP contribution is -2.27. The summed E-state index contributed by atoms with van der Waals surface area (Å²) in [7, 11) is 0. The fourth-order valence-corrected chi connectivity index (χ4v) is 3.07. The number of hydrogen-bond donors (Lipinski definition) is 1. The van der Waals surface area contributed by atoms with Crippen molar-refractivity contribution in [2.24, 2.45) is 5.92 Å². The Balaban J connectivity index is 1.71. The zero-order valence-electron chi connectivity index (χ0n) is 14.1. The molecule has 1 fully saturated rings. The molecule has 1 unspecified atom stereocenters. The number of ether oxygens (including phenoxy) is 2. The summed E-state index contributed by atoms with van der Waals surface area (Å²) in [5.74, 6) is 1.79. The van der Waals surface area contributed by atoms with Crippen LogP contribution in [0, 0.1) is 5.92 Å². The third-order valence-electron chi connectivity index (χ3n) is 4.52. The number of nitrogens with one attached hydrogen (secondary N) is 1. The molecule has 3 nitrogen and oxygen atoms in total. The van der Waals surface area contributed by atoms with Crippen LogP contribution >= 0.6 is 0 Å². The first-order valence-corrected chi connectivity index (χ1v) is 8.83. The molecule has 0 radical (unpaired) electrons. The van der Waals surface area contributed by atoms with Gasteiger partial charge in [0.15, 0.2) is 0 Å². The third-order valence-corrected chi connectivity index (χ3v) is 4.52. The molecule has 22 heavy (non-hydrogen) atoms. The van der Waals surface area contributed by atoms with Gasteiger partial charge in [-0.2, -0.15) is 0 Å². The molecule has 0 aliphatic heterocycles. The summed E-state index contributed by atoms with van der Waals surface area (Å²) in [6.07, 6.45) is 7.04. The van der Waals surface area contributed by atoms with Gasteiger partial charge < -0.3 is 14.8 Å². The molecule has 0 aromatic heterocycles. The summed E-state index contributed by atoms with van der Waals surface area (Å²) in [6.45, 7) is 7.39. The molecule has 3 heteroatoms. The van der Waals surface area contributed by atoms with Crippen LogP contribution in [-0.4, -0.2) is 26.4 Å². The van der Waals surface area contributed by atoms with E-state index in [1.54, 1.807) is 0 Å². The Hall–Kier alpha value is -1.06. The van der Waals surface area contributed by atoms with E-state index in [0.717, 1.165) is 24.8 Å². The van der Waals surface area contributed by atoms with Crippen molar-refractivity contribution in [3.8, 4) is 5.75 Å². The summed E-state index contributed by atoms with van der Waals surface area (Å²) in [4.78, 5) is 0. The van der Waals surface area contributed by atoms with Crippen LogP contribution < -0.4 is 10.1 Å². The quantitative estimate of drug-likeness (QED) is 0.689. The van der Waals surface area contributed by atoms with Gasteiger partial charge >= 0.3 is 0 Å². The Kier molecular flexibility index (Phi) is 7.75. The van der Waals surface area contributed by atoms with Crippen molar-refractivity contribution in [1.82, 2.24) is 5.32 Å². The molecule has 124 valence electrons. The Morgan fingerprint density at radius 1 is 1.09 bits per heavy atom. The van der Waals surface area contributed by atoms with Crippen LogP contribution in [-0.2, 0) is 4.74 Å². The normalized spacial score (nSPS) is 17.4. The predicted molar refractivity (Wildman–Crippen MR) is 91.4 cm³/mol. The van der Waals surface area contributed by atoms with E-state index >= 15 is 0 Å². The average Bonchev–Trinajstić information content (AvgIpc) is 2.58. The molecule has 1 aromatic carbocycles. The first kappa shape index (κ1) is 17.3. The van der Waals surface area contributed by atoms with Gasteiger partial charge in [0.25, 0.3) is 0 Å². The van der Waals surface area contributed by atoms with E-state index < -0.39 is 0 Å². The minimum atomic E-state index is 0.402. The highest BCUT2D eigenvalue weighted by Crippen LogP contribution is 2.24. The second-order valence-electron chi connectivity index (χ2n) is 6.25. The predicted octanol–water partition coefficient (Wildman–Crippen LogP) is 4.33. The SMILES string of the molecule is CCOCCOc1ccc(C(C)NCC2CCCCC2)cc1. The summed E-state index contributed by atoms with van der Waals surface area (Å²) in [6, 6.07) is 8.84. The summed E-state index contributed by atoms with van der Waals surface area (Å²) < 4.78 is 10.9. The molecule has 2 rings (SSSR count). The fraction of sp³-hybridized carbons (Fsp3) is 0.684. The number of benzene rings is 1. The van der Waals surface area contributed by atoms with E-state index in [1.165, 1.54) is 37.7 Å². The lowest BCUT2D eigenvalue weighted by molar-refractivity contribution is 0.110. The van der Waals surface area contributed by atoms with Gasteiger partial charge in [-0.15, -0.1) is 0 Å². The van der Waals surface area contributed by atoms with Crippen molar-refractivity contribution in [1.29, 1.82) is 0 Å². The molecule has 1 saturated carbocycles. The maximum Gasteiger partial charge on any atom is 0.119 e. The van der Waals surface area contributed by atoms with Crippen LogP contribution in [0.5, 0.6) is 5.75 Å². The van der Waals surface area contributed by atoms with Gasteiger partial charge in [-0.3, -0.25) is 0 Å². The van der Waals surface area contributed by atoms with E-state index in [2.05, 4.69) is 36.5 Å². The van der Waals surface area contributed by atoms with E-state index in [-0.39, 0.29) is 0 Å². The van der Waals surface area contributed by atoms with Crippen LogP contribution in [0.2, 0.25) is 0 Å². The van der Waals surface area contributed by atoms with Crippen LogP contribution in [0.1, 0.15) is 57.6 Å². The highest BCUT2D eigenvalue weighted by molar-refractivity contribution is 5.28. The lowest BCUT2D eigenvalue weighted by atomic mass is 9.89. The van der Waals surface area contributed by atoms with Crippen LogP contribution in [0.25, 0.3) is 0 Å². The number of hydrogen-bond acceptors (Lipinski definition) is 3. The molecule has 1 atom stereocenters. The van der Waals surface area contributed by atoms with Gasteiger partial charge in [-0.05, 0) is 56.8 Å². The van der Waals surface area contributed by atoms with Crippen molar-refractivity contribution in [3.05, 3.63) is 29.8 Å². The minimum absolute atomic E-state index is 0.402. The van der Waals surface area contributed by atoms with Crippen molar-refractivity contribution >= 4 is 0 Å². The van der Waals surface area contributed by atoms with Crippen molar-refractivity contribution in [3.63, 3.8) is 0 Å². The van der Waals surface area contributed by atoms with Gasteiger partial charge in [0.05, 0.1) is 6.61 Å². The largest absolute Gasteiger partial charge is 0.491 e. The third kappa shape index (κ3) is 5.98. The van der Waals surface area contributed by atoms with Crippen LogP contribution in [0.15, 0.2) is 24.3 Å². The molecular weight excluding hydrogens is 274 g/mol. The molecule has 0 bridgehead atoms. The van der Waals surface area contributed by atoms with E-state index in [9.17, 15) is 0 Å². The first-order valence-electron chi connectivity index (χ1n) is 8.83. The summed E-state index contributed by atoms with van der Waals surface area (Å²) >= 11 is 0. The van der Waals surface area contributed by atoms with Crippen molar-refractivity contribution < 1.29 is 9.47 Å². The molecular formula is C19H31NO2. The zero-order valence-corrected chi connectivity index (χ0v) is 14.1. The Morgan fingerprint density at radius 3 is 2.50 bits per heavy atom. The molecule has 0 amide bonds. The zero-order chi connectivity index (χ0) is 15.6. The van der Waals surface area contributed by atoms with Crippen molar-refractivity contribution in [2.75, 3.05) is 26.4 Å². The second kappa shape index (κ2) is 9.86. The molecule has 0 heterocycles. The molecule has 1 aliphatic rings. The lowest BCUT2D eigenvalue weighted by Gasteiger charge is -2.24.